The smallest absolute Gasteiger partial charge is 0.254 e. The fourth-order valence-corrected chi connectivity index (χ4v) is 1.75. The highest BCUT2D eigenvalue weighted by atomic mass is 35.5. The van der Waals surface area contributed by atoms with Gasteiger partial charge in [-0.15, -0.1) is 0 Å². The van der Waals surface area contributed by atoms with E-state index >= 15 is 0 Å². The number of hydrogen-bond donors (Lipinski definition) is 1. The Balaban J connectivity index is 2.76. The highest BCUT2D eigenvalue weighted by Crippen LogP contribution is 2.04. The summed E-state index contributed by atoms with van der Waals surface area (Å²) in [7, 11) is 1.59. The molecule has 17 heavy (non-hydrogen) atoms. The van der Waals surface area contributed by atoms with E-state index in [1.807, 2.05) is 6.92 Å². The molecule has 94 valence electrons. The summed E-state index contributed by atoms with van der Waals surface area (Å²) in [6.45, 7) is 2.40. The van der Waals surface area contributed by atoms with Crippen molar-refractivity contribution in [2.75, 3.05) is 7.05 Å². The molecule has 0 saturated carbocycles. The van der Waals surface area contributed by atoms with E-state index in [0.717, 1.165) is 0 Å². The van der Waals surface area contributed by atoms with Crippen molar-refractivity contribution in [1.82, 2.24) is 14.9 Å². The first kappa shape index (κ1) is 13.7. The van der Waals surface area contributed by atoms with Crippen molar-refractivity contribution >= 4 is 17.5 Å². The van der Waals surface area contributed by atoms with Crippen LogP contribution in [0.4, 0.5) is 0 Å². The zero-order chi connectivity index (χ0) is 12.8. The molecule has 1 amide bonds. The Bertz CT molecular complexity index is 457. The Morgan fingerprint density at radius 2 is 2.29 bits per heavy atom. The van der Waals surface area contributed by atoms with Gasteiger partial charge in [0, 0.05) is 32.5 Å². The lowest BCUT2D eigenvalue weighted by Gasteiger charge is -2.10. The zero-order valence-corrected chi connectivity index (χ0v) is 10.8. The molecule has 6 heteroatoms. The predicted octanol–water partition coefficient (Wildman–Crippen LogP) is 0.985. The first-order chi connectivity index (χ1) is 8.08. The molecular weight excluding hydrogens is 242 g/mol. The zero-order valence-electron chi connectivity index (χ0n) is 9.99. The Labute approximate surface area is 105 Å². The molecule has 0 aliphatic carbocycles. The van der Waals surface area contributed by atoms with Gasteiger partial charge in [-0.25, -0.2) is 4.98 Å². The normalized spacial score (nSPS) is 10.3. The molecule has 0 atom stereocenters. The van der Waals surface area contributed by atoms with Crippen LogP contribution in [0, 0.1) is 0 Å². The molecule has 1 N–H and O–H groups in total. The highest BCUT2D eigenvalue weighted by molar-refractivity contribution is 6.29. The maximum atomic E-state index is 11.7. The van der Waals surface area contributed by atoms with Crippen molar-refractivity contribution in [2.24, 2.45) is 0 Å². The maximum Gasteiger partial charge on any atom is 0.254 e. The number of carbonyl (C=O) groups excluding carboxylic acids is 1. The predicted molar refractivity (Wildman–Crippen MR) is 66.2 cm³/mol. The van der Waals surface area contributed by atoms with E-state index in [1.54, 1.807) is 11.6 Å². The highest BCUT2D eigenvalue weighted by Gasteiger charge is 2.06. The lowest BCUT2D eigenvalue weighted by Crippen LogP contribution is -2.25. The van der Waals surface area contributed by atoms with Gasteiger partial charge in [0.25, 0.3) is 5.56 Å². The minimum absolute atomic E-state index is 0.0296. The summed E-state index contributed by atoms with van der Waals surface area (Å²) < 4.78 is 1.56. The quantitative estimate of drug-likeness (QED) is 0.800. The van der Waals surface area contributed by atoms with Gasteiger partial charge < -0.3 is 5.32 Å². The maximum absolute atomic E-state index is 11.7. The Morgan fingerprint density at radius 1 is 1.59 bits per heavy atom. The number of nitrogens with one attached hydrogen (secondary N) is 1. The van der Waals surface area contributed by atoms with Crippen LogP contribution in [0.3, 0.4) is 0 Å². The van der Waals surface area contributed by atoms with Crippen LogP contribution in [0.25, 0.3) is 0 Å². The molecule has 0 fully saturated rings. The second-order valence-corrected chi connectivity index (χ2v) is 4.00. The molecule has 1 aromatic rings. The van der Waals surface area contributed by atoms with Gasteiger partial charge in [0.2, 0.25) is 5.91 Å². The molecule has 1 aromatic heterocycles. The van der Waals surface area contributed by atoms with E-state index in [9.17, 15) is 9.59 Å². The second kappa shape index (κ2) is 6.39. The number of carbonyl (C=O) groups is 1. The van der Waals surface area contributed by atoms with E-state index in [-0.39, 0.29) is 16.6 Å². The third-order valence-corrected chi connectivity index (χ3v) is 2.63. The lowest BCUT2D eigenvalue weighted by atomic mass is 10.3. The summed E-state index contributed by atoms with van der Waals surface area (Å²) in [5.74, 6) is 0.623. The number of aryl methyl sites for hydroxylation is 1. The van der Waals surface area contributed by atoms with Crippen LogP contribution < -0.4 is 10.9 Å². The van der Waals surface area contributed by atoms with Gasteiger partial charge >= 0.3 is 0 Å². The summed E-state index contributed by atoms with van der Waals surface area (Å²) in [5, 5.41) is 2.76. The molecule has 0 bridgehead atoms. The number of rotatable bonds is 5. The standard InChI is InChI=1S/C11H16ClN3O2/c1-3-9-14-8(12)7-11(17)15(9)6-4-5-10(16)13-2/h7H,3-6H2,1-2H3,(H,13,16). The monoisotopic (exact) mass is 257 g/mol. The fraction of sp³-hybridized carbons (Fsp3) is 0.545. The van der Waals surface area contributed by atoms with Crippen LogP contribution in [0.2, 0.25) is 5.15 Å². The van der Waals surface area contributed by atoms with E-state index < -0.39 is 0 Å². The number of aromatic nitrogens is 2. The van der Waals surface area contributed by atoms with Gasteiger partial charge in [-0.3, -0.25) is 14.2 Å². The molecule has 0 radical (unpaired) electrons. The van der Waals surface area contributed by atoms with Gasteiger partial charge in [0.05, 0.1) is 0 Å². The third kappa shape index (κ3) is 3.85. The largest absolute Gasteiger partial charge is 0.359 e. The van der Waals surface area contributed by atoms with E-state index in [0.29, 0.717) is 31.6 Å². The second-order valence-electron chi connectivity index (χ2n) is 3.62. The Kier molecular flexibility index (Phi) is 5.15. The van der Waals surface area contributed by atoms with Gasteiger partial charge in [0.1, 0.15) is 11.0 Å². The lowest BCUT2D eigenvalue weighted by molar-refractivity contribution is -0.120. The fourth-order valence-electron chi connectivity index (χ4n) is 1.55. The van der Waals surface area contributed by atoms with E-state index in [1.165, 1.54) is 6.07 Å². The Morgan fingerprint density at radius 3 is 2.88 bits per heavy atom. The molecule has 0 saturated heterocycles. The first-order valence-corrected chi connectivity index (χ1v) is 5.93. The molecular formula is C11H16ClN3O2. The van der Waals surface area contributed by atoms with E-state index in [4.69, 9.17) is 11.6 Å². The minimum Gasteiger partial charge on any atom is -0.359 e. The van der Waals surface area contributed by atoms with E-state index in [2.05, 4.69) is 10.3 Å². The molecule has 0 aliphatic heterocycles. The van der Waals surface area contributed by atoms with Gasteiger partial charge in [-0.05, 0) is 6.42 Å². The van der Waals surface area contributed by atoms with Crippen LogP contribution in [-0.4, -0.2) is 22.5 Å². The van der Waals surface area contributed by atoms with Gasteiger partial charge in [-0.2, -0.15) is 0 Å². The molecule has 5 nitrogen and oxygen atoms in total. The summed E-state index contributed by atoms with van der Waals surface area (Å²) >= 11 is 5.72. The summed E-state index contributed by atoms with van der Waals surface area (Å²) in [5.41, 5.74) is -0.168. The number of amides is 1. The average Bonchev–Trinajstić information content (AvgIpc) is 2.30. The van der Waals surface area contributed by atoms with Crippen LogP contribution in [-0.2, 0) is 17.8 Å². The minimum atomic E-state index is -0.168. The van der Waals surface area contributed by atoms with Gasteiger partial charge in [-0.1, -0.05) is 18.5 Å². The van der Waals surface area contributed by atoms with Crippen molar-refractivity contribution in [1.29, 1.82) is 0 Å². The molecule has 0 aromatic carbocycles. The topological polar surface area (TPSA) is 64.0 Å². The van der Waals surface area contributed by atoms with Crippen LogP contribution >= 0.6 is 11.6 Å². The third-order valence-electron chi connectivity index (χ3n) is 2.44. The molecule has 1 heterocycles. The molecule has 0 aliphatic rings. The van der Waals surface area contributed by atoms with Crippen LogP contribution in [0.15, 0.2) is 10.9 Å². The van der Waals surface area contributed by atoms with Gasteiger partial charge in [0.15, 0.2) is 0 Å². The SMILES string of the molecule is CCc1nc(Cl)cc(=O)n1CCCC(=O)NC. The molecule has 1 rings (SSSR count). The van der Waals surface area contributed by atoms with Crippen molar-refractivity contribution in [2.45, 2.75) is 32.7 Å². The average molecular weight is 258 g/mol. The molecule has 0 spiro atoms. The van der Waals surface area contributed by atoms with Crippen LogP contribution in [0.1, 0.15) is 25.6 Å². The number of hydrogen-bond acceptors (Lipinski definition) is 3. The molecule has 0 unspecified atom stereocenters. The Hall–Kier alpha value is -1.36. The van der Waals surface area contributed by atoms with Crippen molar-refractivity contribution < 1.29 is 4.79 Å². The number of nitrogens with zero attached hydrogens (tertiary/aromatic N) is 2. The van der Waals surface area contributed by atoms with Crippen LogP contribution in [0.5, 0.6) is 0 Å². The summed E-state index contributed by atoms with van der Waals surface area (Å²) in [6, 6.07) is 1.29. The summed E-state index contributed by atoms with van der Waals surface area (Å²) in [4.78, 5) is 26.9. The number of halogens is 1. The first-order valence-electron chi connectivity index (χ1n) is 5.55. The van der Waals surface area contributed by atoms with Crippen molar-refractivity contribution in [3.63, 3.8) is 0 Å². The van der Waals surface area contributed by atoms with Crippen molar-refractivity contribution in [3.05, 3.63) is 27.4 Å². The summed E-state index contributed by atoms with van der Waals surface area (Å²) in [6.07, 6.45) is 1.64. The van der Waals surface area contributed by atoms with Crippen molar-refractivity contribution in [3.8, 4) is 0 Å².